The Morgan fingerprint density at radius 3 is 2.73 bits per heavy atom. The summed E-state index contributed by atoms with van der Waals surface area (Å²) in [6.07, 6.45) is -1.47. The van der Waals surface area contributed by atoms with Crippen LogP contribution in [0.3, 0.4) is 0 Å². The van der Waals surface area contributed by atoms with E-state index in [-0.39, 0.29) is 29.6 Å². The average molecular weight is 180 g/mol. The first-order chi connectivity index (χ1) is 4.72. The summed E-state index contributed by atoms with van der Waals surface area (Å²) in [5, 5.41) is 20.6. The van der Waals surface area contributed by atoms with Crippen LogP contribution < -0.4 is 34.7 Å². The molecule has 0 unspecified atom stereocenters. The van der Waals surface area contributed by atoms with E-state index in [9.17, 15) is 9.90 Å². The molecule has 1 aromatic rings. The molecule has 1 heterocycles. The third kappa shape index (κ3) is 2.92. The summed E-state index contributed by atoms with van der Waals surface area (Å²) in [5.74, 6) is -1.46. The predicted octanol–water partition coefficient (Wildman–Crippen LogP) is -3.46. The fourth-order valence-electron chi connectivity index (χ4n) is 0.563. The molecule has 0 fully saturated rings. The smallest absolute Gasteiger partial charge is 0.547 e. The normalized spacial score (nSPS) is 11.7. The second kappa shape index (κ2) is 4.90. The van der Waals surface area contributed by atoms with E-state index in [4.69, 9.17) is 5.11 Å². The fourth-order valence-corrected chi connectivity index (χ4v) is 1.26. The van der Waals surface area contributed by atoms with Crippen LogP contribution in [0.5, 0.6) is 0 Å². The second-order valence-electron chi connectivity index (χ2n) is 1.74. The van der Waals surface area contributed by atoms with E-state index in [0.717, 1.165) is 0 Å². The Balaban J connectivity index is 0.000001000. The van der Waals surface area contributed by atoms with E-state index in [1.807, 2.05) is 0 Å². The fraction of sp³-hybridized carbons (Fsp3) is 0.167. The molecule has 0 radical (unpaired) electrons. The van der Waals surface area contributed by atoms with Crippen LogP contribution in [0.1, 0.15) is 11.0 Å². The van der Waals surface area contributed by atoms with E-state index >= 15 is 0 Å². The quantitative estimate of drug-likeness (QED) is 0.481. The van der Waals surface area contributed by atoms with Gasteiger partial charge in [0.15, 0.2) is 0 Å². The number of aliphatic hydroxyl groups excluding tert-OH is 1. The molecule has 0 aliphatic carbocycles. The van der Waals surface area contributed by atoms with Crippen molar-refractivity contribution in [3.05, 3.63) is 22.4 Å². The van der Waals surface area contributed by atoms with Crippen LogP contribution in [-0.2, 0) is 4.79 Å². The molecule has 0 saturated heterocycles. The molecule has 0 bridgehead atoms. The number of hydrogen-bond donors (Lipinski definition) is 1. The van der Waals surface area contributed by atoms with E-state index < -0.39 is 12.1 Å². The minimum Gasteiger partial charge on any atom is -0.547 e. The monoisotopic (exact) mass is 180 g/mol. The van der Waals surface area contributed by atoms with Gasteiger partial charge in [0.2, 0.25) is 0 Å². The number of aliphatic carboxylic acids is 1. The Labute approximate surface area is 90.0 Å². The maximum atomic E-state index is 10.0. The summed E-state index contributed by atoms with van der Waals surface area (Å²) < 4.78 is 0. The molecule has 3 nitrogen and oxygen atoms in total. The molecule has 5 heteroatoms. The first-order valence-corrected chi connectivity index (χ1v) is 3.52. The first kappa shape index (κ1) is 11.1. The summed E-state index contributed by atoms with van der Waals surface area (Å²) in [7, 11) is 0. The van der Waals surface area contributed by atoms with Gasteiger partial charge < -0.3 is 15.0 Å². The summed E-state index contributed by atoms with van der Waals surface area (Å²) in [5.41, 5.74) is 0. The number of thiophene rings is 1. The molecule has 0 spiro atoms. The van der Waals surface area contributed by atoms with E-state index in [2.05, 4.69) is 0 Å². The average Bonchev–Trinajstić information content (AvgIpc) is 2.36. The van der Waals surface area contributed by atoms with Crippen molar-refractivity contribution in [1.82, 2.24) is 0 Å². The third-order valence-electron chi connectivity index (χ3n) is 1.04. The van der Waals surface area contributed by atoms with Gasteiger partial charge in [0.25, 0.3) is 0 Å². The van der Waals surface area contributed by atoms with Crippen molar-refractivity contribution in [2.24, 2.45) is 0 Å². The molecular formula is C6H5NaO3S. The second-order valence-corrected chi connectivity index (χ2v) is 2.72. The van der Waals surface area contributed by atoms with Gasteiger partial charge in [-0.05, 0) is 11.4 Å². The molecule has 1 rings (SSSR count). The molecule has 54 valence electrons. The molecule has 0 aromatic carbocycles. The van der Waals surface area contributed by atoms with Crippen LogP contribution in [0.2, 0.25) is 0 Å². The number of carboxylic acids is 1. The van der Waals surface area contributed by atoms with Crippen molar-refractivity contribution in [3.8, 4) is 0 Å². The number of rotatable bonds is 2. The first-order valence-electron chi connectivity index (χ1n) is 2.64. The van der Waals surface area contributed by atoms with Crippen molar-refractivity contribution in [2.45, 2.75) is 6.10 Å². The molecule has 0 aliphatic heterocycles. The van der Waals surface area contributed by atoms with Crippen molar-refractivity contribution in [1.29, 1.82) is 0 Å². The Morgan fingerprint density at radius 1 is 1.73 bits per heavy atom. The van der Waals surface area contributed by atoms with Crippen molar-refractivity contribution < 1.29 is 44.6 Å². The maximum Gasteiger partial charge on any atom is 1.00 e. The Kier molecular flexibility index (Phi) is 4.96. The van der Waals surface area contributed by atoms with E-state index in [1.54, 1.807) is 17.5 Å². The summed E-state index contributed by atoms with van der Waals surface area (Å²) in [6.45, 7) is 0. The zero-order chi connectivity index (χ0) is 7.56. The van der Waals surface area contributed by atoms with Crippen molar-refractivity contribution in [2.75, 3.05) is 0 Å². The molecule has 1 N–H and O–H groups in total. The summed E-state index contributed by atoms with van der Waals surface area (Å²) >= 11 is 1.19. The number of carboxylic acid groups (broad SMARTS) is 1. The minimum absolute atomic E-state index is 0. The number of aliphatic hydroxyl groups is 1. The summed E-state index contributed by atoms with van der Waals surface area (Å²) in [6, 6.07) is 3.22. The number of carbonyl (C=O) groups excluding carboxylic acids is 1. The van der Waals surface area contributed by atoms with Crippen LogP contribution in [0.25, 0.3) is 0 Å². The van der Waals surface area contributed by atoms with Gasteiger partial charge in [-0.15, -0.1) is 11.3 Å². The van der Waals surface area contributed by atoms with Gasteiger partial charge in [-0.2, -0.15) is 0 Å². The number of carbonyl (C=O) groups is 1. The van der Waals surface area contributed by atoms with Crippen LogP contribution in [0, 0.1) is 0 Å². The predicted molar refractivity (Wildman–Crippen MR) is 34.3 cm³/mol. The van der Waals surface area contributed by atoms with E-state index in [0.29, 0.717) is 4.88 Å². The van der Waals surface area contributed by atoms with E-state index in [1.165, 1.54) is 11.3 Å². The van der Waals surface area contributed by atoms with Crippen LogP contribution >= 0.6 is 11.3 Å². The topological polar surface area (TPSA) is 60.4 Å². The number of hydrogen-bond acceptors (Lipinski definition) is 4. The van der Waals surface area contributed by atoms with Crippen LogP contribution in [0.4, 0.5) is 0 Å². The zero-order valence-corrected chi connectivity index (χ0v) is 8.80. The van der Waals surface area contributed by atoms with Gasteiger partial charge in [-0.3, -0.25) is 0 Å². The van der Waals surface area contributed by atoms with Gasteiger partial charge in [0, 0.05) is 4.88 Å². The summed E-state index contributed by atoms with van der Waals surface area (Å²) in [4.78, 5) is 10.4. The Hall–Kier alpha value is 0.130. The van der Waals surface area contributed by atoms with Crippen LogP contribution in [-0.4, -0.2) is 11.1 Å². The van der Waals surface area contributed by atoms with Gasteiger partial charge in [0.05, 0.1) is 5.97 Å². The third-order valence-corrected chi connectivity index (χ3v) is 1.96. The Morgan fingerprint density at radius 2 is 2.36 bits per heavy atom. The molecule has 0 saturated carbocycles. The van der Waals surface area contributed by atoms with Crippen molar-refractivity contribution in [3.63, 3.8) is 0 Å². The molecular weight excluding hydrogens is 175 g/mol. The van der Waals surface area contributed by atoms with Crippen LogP contribution in [0.15, 0.2) is 17.5 Å². The standard InChI is InChI=1S/C6H6O3S.Na/c7-5(6(8)9)4-2-1-3-10-4;/h1-3,5,7H,(H,8,9);/q;+1/p-1/t5-;/m1./s1. The van der Waals surface area contributed by atoms with Gasteiger partial charge in [0.1, 0.15) is 6.10 Å². The largest absolute Gasteiger partial charge is 1.00 e. The molecule has 0 amide bonds. The molecule has 0 aliphatic rings. The SMILES string of the molecule is O=C([O-])[C@H](O)c1cccs1.[Na+]. The van der Waals surface area contributed by atoms with Gasteiger partial charge in [-0.1, -0.05) is 6.07 Å². The van der Waals surface area contributed by atoms with Gasteiger partial charge in [-0.25, -0.2) is 0 Å². The van der Waals surface area contributed by atoms with Crippen molar-refractivity contribution >= 4 is 17.3 Å². The molecule has 1 aromatic heterocycles. The molecule has 11 heavy (non-hydrogen) atoms. The minimum atomic E-state index is -1.47. The molecule has 1 atom stereocenters. The Bertz CT molecular complexity index is 222. The zero-order valence-electron chi connectivity index (χ0n) is 5.98. The maximum absolute atomic E-state index is 10.0. The van der Waals surface area contributed by atoms with Gasteiger partial charge >= 0.3 is 29.6 Å².